The van der Waals surface area contributed by atoms with E-state index in [1.54, 1.807) is 12.1 Å². The van der Waals surface area contributed by atoms with Crippen molar-refractivity contribution in [1.29, 1.82) is 0 Å². The summed E-state index contributed by atoms with van der Waals surface area (Å²) in [6.45, 7) is 0.241. The Bertz CT molecular complexity index is 448. The number of cyclic esters (lactones) is 1. The molecule has 4 heteroatoms. The van der Waals surface area contributed by atoms with Gasteiger partial charge in [0.25, 0.3) is 0 Å². The average Bonchev–Trinajstić information content (AvgIpc) is 2.31. The summed E-state index contributed by atoms with van der Waals surface area (Å²) >= 11 is 0. The number of aliphatic hydroxyl groups excluding tert-OH is 1. The molecule has 0 radical (unpaired) electrons. The fourth-order valence-corrected chi connectivity index (χ4v) is 1.76. The van der Waals surface area contributed by atoms with E-state index in [0.717, 1.165) is 5.56 Å². The van der Waals surface area contributed by atoms with Crippen LogP contribution in [0.1, 0.15) is 18.4 Å². The number of halogens is 1. The molecule has 0 aromatic heterocycles. The van der Waals surface area contributed by atoms with Crippen LogP contribution in [0.3, 0.4) is 0 Å². The van der Waals surface area contributed by atoms with Crippen LogP contribution in [0.25, 0.3) is 0 Å². The van der Waals surface area contributed by atoms with Crippen LogP contribution in [0.15, 0.2) is 35.6 Å². The third kappa shape index (κ3) is 2.84. The van der Waals surface area contributed by atoms with Gasteiger partial charge < -0.3 is 9.84 Å². The maximum Gasteiger partial charge on any atom is 0.337 e. The summed E-state index contributed by atoms with van der Waals surface area (Å²) in [6.07, 6.45) is 1.37. The fraction of sp³-hybridized carbons (Fsp3) is 0.308. The first-order chi connectivity index (χ1) is 8.16. The Morgan fingerprint density at radius 1 is 1.24 bits per heavy atom. The van der Waals surface area contributed by atoms with Crippen LogP contribution in [-0.4, -0.2) is 17.7 Å². The molecule has 0 saturated carbocycles. The van der Waals surface area contributed by atoms with Crippen LogP contribution >= 0.6 is 0 Å². The zero-order valence-corrected chi connectivity index (χ0v) is 9.28. The first-order valence-corrected chi connectivity index (χ1v) is 5.49. The Morgan fingerprint density at radius 2 is 1.94 bits per heavy atom. The lowest BCUT2D eigenvalue weighted by molar-refractivity contribution is -0.140. The van der Waals surface area contributed by atoms with Crippen LogP contribution in [-0.2, 0) is 16.0 Å². The van der Waals surface area contributed by atoms with Gasteiger partial charge in [0, 0.05) is 6.42 Å². The quantitative estimate of drug-likeness (QED) is 0.820. The van der Waals surface area contributed by atoms with Gasteiger partial charge >= 0.3 is 5.97 Å². The summed E-state index contributed by atoms with van der Waals surface area (Å²) in [5, 5.41) is 9.58. The molecule has 0 fully saturated rings. The number of aliphatic hydroxyl groups is 1. The summed E-state index contributed by atoms with van der Waals surface area (Å²) in [5.74, 6) is -0.618. The molecule has 17 heavy (non-hydrogen) atoms. The second-order valence-corrected chi connectivity index (χ2v) is 3.94. The lowest BCUT2D eigenvalue weighted by atomic mass is 10.0. The third-order valence-electron chi connectivity index (χ3n) is 2.74. The van der Waals surface area contributed by atoms with E-state index in [0.29, 0.717) is 24.8 Å². The maximum absolute atomic E-state index is 12.7. The molecule has 2 rings (SSSR count). The van der Waals surface area contributed by atoms with Crippen LogP contribution in [0.2, 0.25) is 0 Å². The van der Waals surface area contributed by atoms with E-state index >= 15 is 0 Å². The van der Waals surface area contributed by atoms with Crippen LogP contribution in [0, 0.1) is 5.82 Å². The smallest absolute Gasteiger partial charge is 0.337 e. The highest BCUT2D eigenvalue weighted by molar-refractivity contribution is 5.89. The summed E-state index contributed by atoms with van der Waals surface area (Å²) in [7, 11) is 0. The van der Waals surface area contributed by atoms with E-state index < -0.39 is 5.97 Å². The Balaban J connectivity index is 2.02. The van der Waals surface area contributed by atoms with E-state index in [1.807, 2.05) is 0 Å². The molecule has 3 nitrogen and oxygen atoms in total. The highest BCUT2D eigenvalue weighted by Crippen LogP contribution is 2.19. The molecule has 0 saturated heterocycles. The van der Waals surface area contributed by atoms with Gasteiger partial charge in [-0.25, -0.2) is 9.18 Å². The molecule has 0 spiro atoms. The van der Waals surface area contributed by atoms with E-state index in [4.69, 9.17) is 4.74 Å². The van der Waals surface area contributed by atoms with Gasteiger partial charge in [0.15, 0.2) is 0 Å². The number of hydrogen-bond donors (Lipinski definition) is 1. The van der Waals surface area contributed by atoms with Crippen molar-refractivity contribution in [1.82, 2.24) is 0 Å². The Labute approximate surface area is 98.5 Å². The lowest BCUT2D eigenvalue weighted by Gasteiger charge is -2.15. The molecule has 1 aromatic rings. The third-order valence-corrected chi connectivity index (χ3v) is 2.74. The van der Waals surface area contributed by atoms with E-state index in [-0.39, 0.29) is 18.2 Å². The summed E-state index contributed by atoms with van der Waals surface area (Å²) in [4.78, 5) is 11.4. The van der Waals surface area contributed by atoms with E-state index in [1.165, 1.54) is 12.1 Å². The molecule has 0 atom stereocenters. The second-order valence-electron chi connectivity index (χ2n) is 3.94. The van der Waals surface area contributed by atoms with E-state index in [2.05, 4.69) is 0 Å². The van der Waals surface area contributed by atoms with Gasteiger partial charge in [-0.2, -0.15) is 0 Å². The van der Waals surface area contributed by atoms with Gasteiger partial charge in [0.05, 0.1) is 12.2 Å². The molecule has 1 N–H and O–H groups in total. The van der Waals surface area contributed by atoms with Gasteiger partial charge in [-0.3, -0.25) is 0 Å². The SMILES string of the molecule is O=C1OCCC(O)=C1CCc1ccc(F)cc1. The number of esters is 1. The summed E-state index contributed by atoms with van der Waals surface area (Å²) in [6, 6.07) is 6.09. The Morgan fingerprint density at radius 3 is 2.59 bits per heavy atom. The van der Waals surface area contributed by atoms with Crippen molar-refractivity contribution >= 4 is 5.97 Å². The molecular formula is C13H13FO3. The monoisotopic (exact) mass is 236 g/mol. The summed E-state index contributed by atoms with van der Waals surface area (Å²) in [5.41, 5.74) is 1.26. The molecular weight excluding hydrogens is 223 g/mol. The maximum atomic E-state index is 12.7. The van der Waals surface area contributed by atoms with Gasteiger partial charge in [-0.1, -0.05) is 12.1 Å². The van der Waals surface area contributed by atoms with Crippen molar-refractivity contribution < 1.29 is 19.0 Å². The number of hydrogen-bond acceptors (Lipinski definition) is 3. The van der Waals surface area contributed by atoms with Crippen molar-refractivity contribution in [2.45, 2.75) is 19.3 Å². The number of aryl methyl sites for hydroxylation is 1. The van der Waals surface area contributed by atoms with E-state index in [9.17, 15) is 14.3 Å². The van der Waals surface area contributed by atoms with Gasteiger partial charge in [0.2, 0.25) is 0 Å². The molecule has 1 aliphatic heterocycles. The molecule has 0 aliphatic carbocycles. The molecule has 1 aromatic carbocycles. The number of ether oxygens (including phenoxy) is 1. The molecule has 1 aliphatic rings. The number of carbonyl (C=O) groups is 1. The predicted octanol–water partition coefficient (Wildman–Crippen LogP) is 2.52. The van der Waals surface area contributed by atoms with Crippen molar-refractivity contribution in [3.8, 4) is 0 Å². The number of rotatable bonds is 3. The van der Waals surface area contributed by atoms with Gasteiger partial charge in [-0.05, 0) is 30.5 Å². The van der Waals surface area contributed by atoms with Crippen LogP contribution < -0.4 is 0 Å². The first kappa shape index (κ1) is 11.6. The minimum absolute atomic E-state index is 0.114. The minimum atomic E-state index is -0.448. The summed E-state index contributed by atoms with van der Waals surface area (Å²) < 4.78 is 17.5. The molecule has 0 unspecified atom stereocenters. The molecule has 0 bridgehead atoms. The molecule has 1 heterocycles. The fourth-order valence-electron chi connectivity index (χ4n) is 1.76. The standard InChI is InChI=1S/C13H13FO3/c14-10-4-1-9(2-5-10)3-6-11-12(15)7-8-17-13(11)16/h1-2,4-5,15H,3,6-8H2. The van der Waals surface area contributed by atoms with Crippen molar-refractivity contribution in [3.05, 3.63) is 47.0 Å². The predicted molar refractivity (Wildman–Crippen MR) is 60.0 cm³/mol. The van der Waals surface area contributed by atoms with Crippen molar-refractivity contribution in [3.63, 3.8) is 0 Å². The first-order valence-electron chi connectivity index (χ1n) is 5.49. The Hall–Kier alpha value is -1.84. The topological polar surface area (TPSA) is 46.5 Å². The molecule has 90 valence electrons. The lowest BCUT2D eigenvalue weighted by Crippen LogP contribution is -2.18. The highest BCUT2D eigenvalue weighted by Gasteiger charge is 2.21. The Kier molecular flexibility index (Phi) is 3.42. The zero-order chi connectivity index (χ0) is 12.3. The minimum Gasteiger partial charge on any atom is -0.512 e. The van der Waals surface area contributed by atoms with Crippen molar-refractivity contribution in [2.75, 3.05) is 6.61 Å². The van der Waals surface area contributed by atoms with Crippen molar-refractivity contribution in [2.24, 2.45) is 0 Å². The molecule has 0 amide bonds. The van der Waals surface area contributed by atoms with Gasteiger partial charge in [-0.15, -0.1) is 0 Å². The number of benzene rings is 1. The second kappa shape index (κ2) is 4.99. The van der Waals surface area contributed by atoms with Crippen LogP contribution in [0.4, 0.5) is 4.39 Å². The highest BCUT2D eigenvalue weighted by atomic mass is 19.1. The van der Waals surface area contributed by atoms with Crippen LogP contribution in [0.5, 0.6) is 0 Å². The number of carbonyl (C=O) groups excluding carboxylic acids is 1. The van der Waals surface area contributed by atoms with Gasteiger partial charge in [0.1, 0.15) is 11.6 Å². The average molecular weight is 236 g/mol. The largest absolute Gasteiger partial charge is 0.512 e. The zero-order valence-electron chi connectivity index (χ0n) is 9.28. The normalized spacial score (nSPS) is 15.9.